The number of benzene rings is 1. The normalized spacial score (nSPS) is 10.4. The summed E-state index contributed by atoms with van der Waals surface area (Å²) in [7, 11) is 0. The first-order valence-corrected chi connectivity index (χ1v) is 7.96. The molecule has 0 bridgehead atoms. The Bertz CT molecular complexity index is 525. The first-order chi connectivity index (χ1) is 9.24. The van der Waals surface area contributed by atoms with E-state index in [2.05, 4.69) is 22.4 Å². The zero-order valence-electron chi connectivity index (χ0n) is 10.8. The molecule has 0 aliphatic rings. The molecule has 19 heavy (non-hydrogen) atoms. The van der Waals surface area contributed by atoms with Gasteiger partial charge in [-0.15, -0.1) is 11.3 Å². The van der Waals surface area contributed by atoms with Gasteiger partial charge in [-0.3, -0.25) is 4.79 Å². The van der Waals surface area contributed by atoms with Gasteiger partial charge in [-0.1, -0.05) is 42.1 Å². The van der Waals surface area contributed by atoms with E-state index in [0.29, 0.717) is 12.3 Å². The number of nitrogens with zero attached hydrogens (tertiary/aromatic N) is 1. The van der Waals surface area contributed by atoms with E-state index in [1.807, 2.05) is 30.5 Å². The minimum absolute atomic E-state index is 0.0637. The topological polar surface area (TPSA) is 42.0 Å². The molecule has 0 saturated carbocycles. The van der Waals surface area contributed by atoms with Crippen molar-refractivity contribution in [2.24, 2.45) is 0 Å². The van der Waals surface area contributed by atoms with Crippen LogP contribution < -0.4 is 5.32 Å². The summed E-state index contributed by atoms with van der Waals surface area (Å²) in [6.07, 6.45) is 0.869. The number of thiazole rings is 1. The third-order valence-electron chi connectivity index (χ3n) is 2.50. The fourth-order valence-corrected chi connectivity index (χ4v) is 3.25. The van der Waals surface area contributed by atoms with Gasteiger partial charge >= 0.3 is 0 Å². The van der Waals surface area contributed by atoms with Crippen LogP contribution in [-0.4, -0.2) is 23.2 Å². The lowest BCUT2D eigenvalue weighted by Crippen LogP contribution is -2.27. The van der Waals surface area contributed by atoms with E-state index in [0.717, 1.165) is 16.5 Å². The molecule has 100 valence electrons. The Balaban J connectivity index is 1.65. The summed E-state index contributed by atoms with van der Waals surface area (Å²) in [5.74, 6) is 0.496. The molecule has 0 spiro atoms. The van der Waals surface area contributed by atoms with E-state index in [-0.39, 0.29) is 5.91 Å². The monoisotopic (exact) mass is 292 g/mol. The Morgan fingerprint density at radius 2 is 2.16 bits per heavy atom. The number of carbonyl (C=O) groups is 1. The lowest BCUT2D eigenvalue weighted by Gasteiger charge is -2.04. The molecule has 3 nitrogen and oxygen atoms in total. The molecule has 1 aromatic carbocycles. The van der Waals surface area contributed by atoms with E-state index in [1.54, 1.807) is 11.3 Å². The van der Waals surface area contributed by atoms with Gasteiger partial charge in [0.2, 0.25) is 5.91 Å². The molecule has 0 fully saturated rings. The van der Waals surface area contributed by atoms with E-state index in [4.69, 9.17) is 0 Å². The van der Waals surface area contributed by atoms with E-state index in [1.165, 1.54) is 17.3 Å². The van der Waals surface area contributed by atoms with Crippen molar-refractivity contribution in [1.29, 1.82) is 0 Å². The van der Waals surface area contributed by atoms with Crippen molar-refractivity contribution in [3.05, 3.63) is 47.0 Å². The van der Waals surface area contributed by atoms with Gasteiger partial charge in [0.1, 0.15) is 0 Å². The number of thioether (sulfide) groups is 1. The van der Waals surface area contributed by atoms with Gasteiger partial charge in [-0.05, 0) is 18.9 Å². The molecular weight excluding hydrogens is 276 g/mol. The summed E-state index contributed by atoms with van der Waals surface area (Å²) in [5.41, 5.74) is 2.25. The second-order valence-corrected chi connectivity index (χ2v) is 6.21. The van der Waals surface area contributed by atoms with E-state index < -0.39 is 0 Å². The zero-order chi connectivity index (χ0) is 13.5. The van der Waals surface area contributed by atoms with Gasteiger partial charge in [0.25, 0.3) is 0 Å². The maximum atomic E-state index is 11.7. The van der Waals surface area contributed by atoms with Gasteiger partial charge in [-0.25, -0.2) is 4.98 Å². The Morgan fingerprint density at radius 1 is 1.37 bits per heavy atom. The lowest BCUT2D eigenvalue weighted by atomic mass is 10.1. The molecular formula is C14H16N2OS2. The van der Waals surface area contributed by atoms with Crippen LogP contribution in [0.15, 0.2) is 40.1 Å². The van der Waals surface area contributed by atoms with Crippen LogP contribution in [0.1, 0.15) is 11.3 Å². The number of carbonyl (C=O) groups excluding carboxylic acids is 1. The molecule has 0 aliphatic heterocycles. The van der Waals surface area contributed by atoms with Crippen LogP contribution in [0.4, 0.5) is 0 Å². The Morgan fingerprint density at radius 3 is 2.84 bits per heavy atom. The smallest absolute Gasteiger partial charge is 0.230 e. The molecule has 1 aromatic heterocycles. The van der Waals surface area contributed by atoms with Gasteiger partial charge in [0.05, 0.1) is 5.75 Å². The molecule has 1 amide bonds. The van der Waals surface area contributed by atoms with Gasteiger partial charge < -0.3 is 5.32 Å². The molecule has 0 aliphatic carbocycles. The summed E-state index contributed by atoms with van der Waals surface area (Å²) in [4.78, 5) is 16.0. The number of aromatic nitrogens is 1. The average molecular weight is 292 g/mol. The van der Waals surface area contributed by atoms with Crippen LogP contribution in [0.3, 0.4) is 0 Å². The highest BCUT2D eigenvalue weighted by Crippen LogP contribution is 2.21. The van der Waals surface area contributed by atoms with Gasteiger partial charge in [0.15, 0.2) is 4.34 Å². The highest BCUT2D eigenvalue weighted by atomic mass is 32.2. The van der Waals surface area contributed by atoms with E-state index >= 15 is 0 Å². The molecule has 0 saturated heterocycles. The summed E-state index contributed by atoms with van der Waals surface area (Å²) >= 11 is 3.08. The standard InChI is InChI=1S/C14H16N2OS2/c1-11-9-18-14(16-11)19-10-13(17)15-8-7-12-5-3-2-4-6-12/h2-6,9H,7-8,10H2,1H3,(H,15,17). The number of rotatable bonds is 6. The molecule has 1 heterocycles. The van der Waals surface area contributed by atoms with Crippen molar-refractivity contribution in [3.8, 4) is 0 Å². The van der Waals surface area contributed by atoms with Crippen molar-refractivity contribution in [2.45, 2.75) is 17.7 Å². The van der Waals surface area contributed by atoms with E-state index in [9.17, 15) is 4.79 Å². The quantitative estimate of drug-likeness (QED) is 0.832. The Labute approximate surface area is 121 Å². The van der Waals surface area contributed by atoms with Crippen molar-refractivity contribution in [1.82, 2.24) is 10.3 Å². The molecule has 5 heteroatoms. The number of amides is 1. The molecule has 2 aromatic rings. The van der Waals surface area contributed by atoms with Crippen LogP contribution in [0.25, 0.3) is 0 Å². The van der Waals surface area contributed by atoms with Crippen LogP contribution in [0.2, 0.25) is 0 Å². The SMILES string of the molecule is Cc1csc(SCC(=O)NCCc2ccccc2)n1. The number of hydrogen-bond donors (Lipinski definition) is 1. The average Bonchev–Trinajstić information content (AvgIpc) is 2.83. The zero-order valence-corrected chi connectivity index (χ0v) is 12.4. The third-order valence-corrected chi connectivity index (χ3v) is 4.64. The fraction of sp³-hybridized carbons (Fsp3) is 0.286. The Kier molecular flexibility index (Phi) is 5.42. The summed E-state index contributed by atoms with van der Waals surface area (Å²) < 4.78 is 0.954. The summed E-state index contributed by atoms with van der Waals surface area (Å²) in [6.45, 7) is 2.64. The molecule has 0 atom stereocenters. The van der Waals surface area contributed by atoms with Crippen molar-refractivity contribution >= 4 is 29.0 Å². The molecule has 0 unspecified atom stereocenters. The van der Waals surface area contributed by atoms with Crippen LogP contribution in [-0.2, 0) is 11.2 Å². The number of aryl methyl sites for hydroxylation is 1. The maximum Gasteiger partial charge on any atom is 0.230 e. The summed E-state index contributed by atoms with van der Waals surface area (Å²) in [6, 6.07) is 10.2. The van der Waals surface area contributed by atoms with Crippen molar-refractivity contribution < 1.29 is 4.79 Å². The third kappa shape index (κ3) is 5.04. The van der Waals surface area contributed by atoms with Gasteiger partial charge in [0, 0.05) is 17.6 Å². The molecule has 0 radical (unpaired) electrons. The second kappa shape index (κ2) is 7.31. The number of nitrogens with one attached hydrogen (secondary N) is 1. The minimum atomic E-state index is 0.0637. The second-order valence-electron chi connectivity index (χ2n) is 4.13. The number of hydrogen-bond acceptors (Lipinski definition) is 4. The first-order valence-electron chi connectivity index (χ1n) is 6.09. The highest BCUT2D eigenvalue weighted by molar-refractivity contribution is 8.01. The highest BCUT2D eigenvalue weighted by Gasteiger charge is 2.05. The maximum absolute atomic E-state index is 11.7. The predicted octanol–water partition coefficient (Wildman–Crippen LogP) is 2.90. The lowest BCUT2D eigenvalue weighted by molar-refractivity contribution is -0.118. The Hall–Kier alpha value is -1.33. The largest absolute Gasteiger partial charge is 0.355 e. The minimum Gasteiger partial charge on any atom is -0.355 e. The first kappa shape index (κ1) is 14.1. The van der Waals surface area contributed by atoms with Crippen LogP contribution in [0.5, 0.6) is 0 Å². The van der Waals surface area contributed by atoms with Crippen molar-refractivity contribution in [2.75, 3.05) is 12.3 Å². The van der Waals surface area contributed by atoms with Gasteiger partial charge in [-0.2, -0.15) is 0 Å². The fourth-order valence-electron chi connectivity index (χ4n) is 1.57. The summed E-state index contributed by atoms with van der Waals surface area (Å²) in [5, 5.41) is 4.92. The molecule has 1 N–H and O–H groups in total. The predicted molar refractivity (Wildman–Crippen MR) is 80.7 cm³/mol. The van der Waals surface area contributed by atoms with Crippen LogP contribution >= 0.6 is 23.1 Å². The van der Waals surface area contributed by atoms with Crippen molar-refractivity contribution in [3.63, 3.8) is 0 Å². The van der Waals surface area contributed by atoms with Crippen LogP contribution in [0, 0.1) is 6.92 Å². The molecule has 2 rings (SSSR count).